The van der Waals surface area contributed by atoms with Crippen LogP contribution in [0.25, 0.3) is 0 Å². The van der Waals surface area contributed by atoms with Gasteiger partial charge in [0.05, 0.1) is 18.3 Å². The molecular weight excluding hydrogens is 332 g/mol. The standard InChI is InChI=1S/C16H22N4O3.ClH/c17-12-3-4-13(18-11-12)10-15(21)19-5-7-20(8-6-19)16(22)14-2-1-9-23-14;/h3-4,11,14H,1-2,5-10,17H2;1H. The van der Waals surface area contributed by atoms with Crippen LogP contribution in [0.2, 0.25) is 0 Å². The van der Waals surface area contributed by atoms with E-state index >= 15 is 0 Å². The quantitative estimate of drug-likeness (QED) is 0.852. The van der Waals surface area contributed by atoms with Crippen molar-refractivity contribution in [3.63, 3.8) is 0 Å². The predicted molar refractivity (Wildman–Crippen MR) is 91.7 cm³/mol. The fraction of sp³-hybridized carbons (Fsp3) is 0.562. The summed E-state index contributed by atoms with van der Waals surface area (Å²) in [6, 6.07) is 3.51. The second-order valence-corrected chi connectivity index (χ2v) is 5.97. The Kier molecular flexibility index (Phi) is 6.39. The van der Waals surface area contributed by atoms with Gasteiger partial charge in [-0.2, -0.15) is 0 Å². The molecule has 2 aliphatic rings. The number of piperazine rings is 1. The van der Waals surface area contributed by atoms with Crippen LogP contribution in [-0.2, 0) is 20.7 Å². The van der Waals surface area contributed by atoms with Gasteiger partial charge in [0, 0.05) is 38.5 Å². The van der Waals surface area contributed by atoms with E-state index in [-0.39, 0.29) is 36.7 Å². The number of halogens is 1. The summed E-state index contributed by atoms with van der Waals surface area (Å²) in [4.78, 5) is 32.3. The van der Waals surface area contributed by atoms with Gasteiger partial charge in [-0.05, 0) is 25.0 Å². The third-order valence-electron chi connectivity index (χ3n) is 4.33. The van der Waals surface area contributed by atoms with E-state index in [0.717, 1.165) is 12.8 Å². The molecule has 3 heterocycles. The highest BCUT2D eigenvalue weighted by atomic mass is 35.5. The molecule has 132 valence electrons. The van der Waals surface area contributed by atoms with Crippen molar-refractivity contribution in [1.29, 1.82) is 0 Å². The number of nitrogens with zero attached hydrogens (tertiary/aromatic N) is 3. The molecule has 1 aromatic rings. The number of nitrogen functional groups attached to an aromatic ring is 1. The molecule has 0 aromatic carbocycles. The van der Waals surface area contributed by atoms with Crippen LogP contribution >= 0.6 is 12.4 Å². The second kappa shape index (κ2) is 8.30. The smallest absolute Gasteiger partial charge is 0.251 e. The number of carbonyl (C=O) groups excluding carboxylic acids is 2. The van der Waals surface area contributed by atoms with Gasteiger partial charge in [-0.15, -0.1) is 12.4 Å². The van der Waals surface area contributed by atoms with E-state index < -0.39 is 0 Å². The van der Waals surface area contributed by atoms with Gasteiger partial charge in [0.1, 0.15) is 6.10 Å². The summed E-state index contributed by atoms with van der Waals surface area (Å²) >= 11 is 0. The van der Waals surface area contributed by atoms with Crippen LogP contribution in [0.5, 0.6) is 0 Å². The average molecular weight is 355 g/mol. The van der Waals surface area contributed by atoms with Crippen molar-refractivity contribution in [2.24, 2.45) is 0 Å². The molecule has 3 rings (SSSR count). The first-order valence-corrected chi connectivity index (χ1v) is 8.02. The SMILES string of the molecule is Cl.Nc1ccc(CC(=O)N2CCN(C(=O)C3CCCO3)CC2)nc1. The van der Waals surface area contributed by atoms with Crippen LogP contribution in [0.3, 0.4) is 0 Å². The average Bonchev–Trinajstić information content (AvgIpc) is 3.11. The van der Waals surface area contributed by atoms with Gasteiger partial charge >= 0.3 is 0 Å². The van der Waals surface area contributed by atoms with Gasteiger partial charge in [-0.25, -0.2) is 0 Å². The number of hydrogen-bond acceptors (Lipinski definition) is 5. The maximum atomic E-state index is 12.3. The molecule has 0 spiro atoms. The number of amides is 2. The van der Waals surface area contributed by atoms with E-state index in [1.165, 1.54) is 0 Å². The lowest BCUT2D eigenvalue weighted by molar-refractivity contribution is -0.145. The number of ether oxygens (including phenoxy) is 1. The van der Waals surface area contributed by atoms with E-state index in [1.54, 1.807) is 28.1 Å². The summed E-state index contributed by atoms with van der Waals surface area (Å²) in [5, 5.41) is 0. The Morgan fingerprint density at radius 2 is 1.92 bits per heavy atom. The molecular formula is C16H23ClN4O3. The van der Waals surface area contributed by atoms with Crippen LogP contribution in [-0.4, -0.2) is 65.5 Å². The summed E-state index contributed by atoms with van der Waals surface area (Å²) in [6.45, 7) is 2.93. The molecule has 2 aliphatic heterocycles. The van der Waals surface area contributed by atoms with Crippen molar-refractivity contribution in [3.05, 3.63) is 24.0 Å². The van der Waals surface area contributed by atoms with Crippen LogP contribution < -0.4 is 5.73 Å². The van der Waals surface area contributed by atoms with E-state index in [2.05, 4.69) is 4.98 Å². The Labute approximate surface area is 147 Å². The van der Waals surface area contributed by atoms with Gasteiger partial charge in [0.15, 0.2) is 0 Å². The van der Waals surface area contributed by atoms with Crippen LogP contribution in [0, 0.1) is 0 Å². The van der Waals surface area contributed by atoms with Crippen molar-refractivity contribution in [3.8, 4) is 0 Å². The summed E-state index contributed by atoms with van der Waals surface area (Å²) in [5.74, 6) is 0.0984. The minimum atomic E-state index is -0.281. The molecule has 0 bridgehead atoms. The number of aromatic nitrogens is 1. The molecule has 0 saturated carbocycles. The lowest BCUT2D eigenvalue weighted by Crippen LogP contribution is -2.53. The lowest BCUT2D eigenvalue weighted by atomic mass is 10.2. The molecule has 1 unspecified atom stereocenters. The summed E-state index contributed by atoms with van der Waals surface area (Å²) in [6.07, 6.45) is 3.29. The third kappa shape index (κ3) is 4.36. The monoisotopic (exact) mass is 354 g/mol. The number of pyridine rings is 1. The topological polar surface area (TPSA) is 88.8 Å². The third-order valence-corrected chi connectivity index (χ3v) is 4.33. The highest BCUT2D eigenvalue weighted by molar-refractivity contribution is 5.85. The van der Waals surface area contributed by atoms with Gasteiger partial charge in [0.25, 0.3) is 5.91 Å². The summed E-state index contributed by atoms with van der Waals surface area (Å²) in [5.41, 5.74) is 6.89. The maximum absolute atomic E-state index is 12.3. The van der Waals surface area contributed by atoms with Crippen molar-refractivity contribution in [1.82, 2.24) is 14.8 Å². The maximum Gasteiger partial charge on any atom is 0.251 e. The van der Waals surface area contributed by atoms with E-state index in [1.807, 2.05) is 0 Å². The minimum absolute atomic E-state index is 0. The Morgan fingerprint density at radius 3 is 2.50 bits per heavy atom. The minimum Gasteiger partial charge on any atom is -0.397 e. The molecule has 2 fully saturated rings. The number of hydrogen-bond donors (Lipinski definition) is 1. The van der Waals surface area contributed by atoms with Gasteiger partial charge < -0.3 is 20.3 Å². The first kappa shape index (κ1) is 18.5. The fourth-order valence-corrected chi connectivity index (χ4v) is 2.96. The van der Waals surface area contributed by atoms with Crippen molar-refractivity contribution >= 4 is 29.9 Å². The molecule has 2 amide bonds. The normalized spacial score (nSPS) is 20.6. The zero-order chi connectivity index (χ0) is 16.2. The zero-order valence-corrected chi connectivity index (χ0v) is 14.3. The summed E-state index contributed by atoms with van der Waals surface area (Å²) in [7, 11) is 0. The molecule has 2 saturated heterocycles. The highest BCUT2D eigenvalue weighted by Gasteiger charge is 2.31. The van der Waals surface area contributed by atoms with Crippen molar-refractivity contribution in [2.75, 3.05) is 38.5 Å². The molecule has 1 atom stereocenters. The molecule has 2 N–H and O–H groups in total. The second-order valence-electron chi connectivity index (χ2n) is 5.97. The molecule has 24 heavy (non-hydrogen) atoms. The van der Waals surface area contributed by atoms with Crippen LogP contribution in [0.4, 0.5) is 5.69 Å². The number of nitrogens with two attached hydrogens (primary N) is 1. The fourth-order valence-electron chi connectivity index (χ4n) is 2.96. The van der Waals surface area contributed by atoms with Crippen LogP contribution in [0.15, 0.2) is 18.3 Å². The van der Waals surface area contributed by atoms with Crippen molar-refractivity contribution < 1.29 is 14.3 Å². The molecule has 1 aromatic heterocycles. The van der Waals surface area contributed by atoms with Crippen LogP contribution in [0.1, 0.15) is 18.5 Å². The molecule has 7 nitrogen and oxygen atoms in total. The van der Waals surface area contributed by atoms with Crippen molar-refractivity contribution in [2.45, 2.75) is 25.4 Å². The molecule has 0 radical (unpaired) electrons. The number of anilines is 1. The van der Waals surface area contributed by atoms with Gasteiger partial charge in [0.2, 0.25) is 5.91 Å². The van der Waals surface area contributed by atoms with E-state index in [9.17, 15) is 9.59 Å². The Bertz CT molecular complexity index is 567. The largest absolute Gasteiger partial charge is 0.397 e. The van der Waals surface area contributed by atoms with Gasteiger partial charge in [-0.1, -0.05) is 0 Å². The Hall–Kier alpha value is -1.86. The molecule has 0 aliphatic carbocycles. The predicted octanol–water partition coefficient (Wildman–Crippen LogP) is 0.478. The number of carbonyl (C=O) groups is 2. The number of rotatable bonds is 3. The Morgan fingerprint density at radius 1 is 1.21 bits per heavy atom. The summed E-state index contributed by atoms with van der Waals surface area (Å²) < 4.78 is 5.44. The first-order valence-electron chi connectivity index (χ1n) is 8.02. The highest BCUT2D eigenvalue weighted by Crippen LogP contribution is 2.16. The lowest BCUT2D eigenvalue weighted by Gasteiger charge is -2.35. The first-order chi connectivity index (χ1) is 11.1. The van der Waals surface area contributed by atoms with E-state index in [0.29, 0.717) is 44.2 Å². The molecule has 8 heteroatoms. The Balaban J connectivity index is 0.00000208. The zero-order valence-electron chi connectivity index (χ0n) is 13.5. The van der Waals surface area contributed by atoms with E-state index in [4.69, 9.17) is 10.5 Å². The van der Waals surface area contributed by atoms with Gasteiger partial charge in [-0.3, -0.25) is 14.6 Å².